The van der Waals surface area contributed by atoms with Gasteiger partial charge in [-0.3, -0.25) is 14.4 Å². The first kappa shape index (κ1) is 19.2. The van der Waals surface area contributed by atoms with Crippen molar-refractivity contribution in [1.29, 1.82) is 0 Å². The zero-order chi connectivity index (χ0) is 19.5. The summed E-state index contributed by atoms with van der Waals surface area (Å²) in [6, 6.07) is 4.98. The normalized spacial score (nSPS) is 14.3. The van der Waals surface area contributed by atoms with Crippen LogP contribution in [0, 0.1) is 0 Å². The Morgan fingerprint density at radius 3 is 2.42 bits per heavy atom. The lowest BCUT2D eigenvalue weighted by Crippen LogP contribution is -2.29. The molecule has 0 saturated heterocycles. The average Bonchev–Trinajstić information content (AvgIpc) is 2.83. The van der Waals surface area contributed by atoms with Gasteiger partial charge in [0.1, 0.15) is 0 Å². The summed E-state index contributed by atoms with van der Waals surface area (Å²) in [5.41, 5.74) is 0.299. The fourth-order valence-corrected chi connectivity index (χ4v) is 2.03. The van der Waals surface area contributed by atoms with Crippen LogP contribution in [-0.2, 0) is 19.1 Å². The van der Waals surface area contributed by atoms with Crippen LogP contribution in [-0.4, -0.2) is 36.3 Å². The van der Waals surface area contributed by atoms with Crippen LogP contribution in [0.15, 0.2) is 41.5 Å². The Hall–Kier alpha value is -3.17. The van der Waals surface area contributed by atoms with E-state index in [0.717, 1.165) is 5.01 Å². The number of amides is 2. The van der Waals surface area contributed by atoms with Gasteiger partial charge in [0.15, 0.2) is 0 Å². The molecule has 1 aromatic rings. The molecule has 0 aliphatic carbocycles. The van der Waals surface area contributed by atoms with Gasteiger partial charge in [-0.2, -0.15) is 23.3 Å². The number of hydrazone groups is 1. The summed E-state index contributed by atoms with van der Waals surface area (Å²) in [4.78, 5) is 34.6. The fourth-order valence-electron chi connectivity index (χ4n) is 2.03. The van der Waals surface area contributed by atoms with Gasteiger partial charge in [0, 0.05) is 5.69 Å². The summed E-state index contributed by atoms with van der Waals surface area (Å²) in [5.74, 6) is -3.24. The van der Waals surface area contributed by atoms with Gasteiger partial charge in [0.05, 0.1) is 30.0 Å². The zero-order valence-corrected chi connectivity index (χ0v) is 13.6. The first-order chi connectivity index (χ1) is 12.1. The Balaban J connectivity index is 2.14. The summed E-state index contributed by atoms with van der Waals surface area (Å²) >= 11 is 0. The molecular formula is C16H14F3N3O4. The molecule has 0 atom stereocenters. The van der Waals surface area contributed by atoms with Gasteiger partial charge in [0.2, 0.25) is 0 Å². The molecule has 1 aliphatic heterocycles. The highest BCUT2D eigenvalue weighted by Gasteiger charge is 2.38. The lowest BCUT2D eigenvalue weighted by Gasteiger charge is -2.13. The van der Waals surface area contributed by atoms with Gasteiger partial charge < -0.3 is 10.1 Å². The molecule has 2 amide bonds. The molecule has 0 radical (unpaired) electrons. The van der Waals surface area contributed by atoms with E-state index in [1.807, 2.05) is 0 Å². The van der Waals surface area contributed by atoms with Crippen molar-refractivity contribution in [1.82, 2.24) is 0 Å². The second-order valence-corrected chi connectivity index (χ2v) is 5.12. The Labute approximate surface area is 146 Å². The maximum absolute atomic E-state index is 12.2. The number of hydrogen-bond acceptors (Lipinski definition) is 5. The first-order valence-electron chi connectivity index (χ1n) is 7.38. The maximum Gasteiger partial charge on any atom is 0.471 e. The molecule has 0 unspecified atom stereocenters. The Morgan fingerprint density at radius 2 is 1.88 bits per heavy atom. The summed E-state index contributed by atoms with van der Waals surface area (Å²) < 4.78 is 41.5. The summed E-state index contributed by atoms with van der Waals surface area (Å²) in [6.07, 6.45) is -5.23. The molecule has 1 aliphatic rings. The predicted molar refractivity (Wildman–Crippen MR) is 86.4 cm³/mol. The standard InChI is InChI=1S/C16H14F3N3O4/c1-3-26-13(23)8-12-9(2)14(24)22(21-12)11-6-4-10(5-7-11)20-15(25)16(17,18)19/h4-7H,2-3,8H2,1H3,(H,20,25). The van der Waals surface area contributed by atoms with E-state index < -0.39 is 24.0 Å². The molecule has 0 saturated carbocycles. The van der Waals surface area contributed by atoms with Gasteiger partial charge >= 0.3 is 18.1 Å². The van der Waals surface area contributed by atoms with Crippen molar-refractivity contribution in [3.63, 3.8) is 0 Å². The van der Waals surface area contributed by atoms with Crippen LogP contribution in [0.3, 0.4) is 0 Å². The predicted octanol–water partition coefficient (Wildman–Crippen LogP) is 2.40. The number of benzene rings is 1. The number of anilines is 2. The minimum absolute atomic E-state index is 0.0208. The molecule has 10 heteroatoms. The third kappa shape index (κ3) is 4.26. The second kappa shape index (κ2) is 7.38. The number of nitrogens with one attached hydrogen (secondary N) is 1. The molecule has 2 rings (SSSR count). The van der Waals surface area contributed by atoms with Crippen molar-refractivity contribution in [2.45, 2.75) is 19.5 Å². The highest BCUT2D eigenvalue weighted by atomic mass is 19.4. The molecule has 1 N–H and O–H groups in total. The summed E-state index contributed by atoms with van der Waals surface area (Å²) in [5, 5.41) is 6.66. The van der Waals surface area contributed by atoms with E-state index in [9.17, 15) is 27.6 Å². The Morgan fingerprint density at radius 1 is 1.27 bits per heavy atom. The van der Waals surface area contributed by atoms with E-state index in [2.05, 4.69) is 11.7 Å². The molecule has 1 aromatic carbocycles. The van der Waals surface area contributed by atoms with E-state index in [4.69, 9.17) is 4.74 Å². The SMILES string of the molecule is C=C1C(=O)N(c2ccc(NC(=O)C(F)(F)F)cc2)N=C1CC(=O)OCC. The van der Waals surface area contributed by atoms with E-state index in [0.29, 0.717) is 0 Å². The first-order valence-corrected chi connectivity index (χ1v) is 7.38. The van der Waals surface area contributed by atoms with Crippen molar-refractivity contribution in [3.8, 4) is 0 Å². The molecule has 7 nitrogen and oxygen atoms in total. The number of hydrogen-bond donors (Lipinski definition) is 1. The molecule has 0 spiro atoms. The quantitative estimate of drug-likeness (QED) is 0.638. The smallest absolute Gasteiger partial charge is 0.466 e. The Kier molecular flexibility index (Phi) is 5.44. The van der Waals surface area contributed by atoms with Gasteiger partial charge in [-0.15, -0.1) is 0 Å². The van der Waals surface area contributed by atoms with Crippen LogP contribution in [0.5, 0.6) is 0 Å². The number of ether oxygens (including phenoxy) is 1. The average molecular weight is 369 g/mol. The van der Waals surface area contributed by atoms with Gasteiger partial charge in [-0.05, 0) is 31.2 Å². The highest BCUT2D eigenvalue weighted by molar-refractivity contribution is 6.32. The minimum Gasteiger partial charge on any atom is -0.466 e. The third-order valence-electron chi connectivity index (χ3n) is 3.26. The summed E-state index contributed by atoms with van der Waals surface area (Å²) in [7, 11) is 0. The van der Waals surface area contributed by atoms with Crippen LogP contribution < -0.4 is 10.3 Å². The molecule has 0 fully saturated rings. The van der Waals surface area contributed by atoms with E-state index in [1.54, 1.807) is 12.2 Å². The molecule has 138 valence electrons. The van der Waals surface area contributed by atoms with Crippen molar-refractivity contribution in [2.75, 3.05) is 16.9 Å². The topological polar surface area (TPSA) is 88.1 Å². The number of carbonyl (C=O) groups excluding carboxylic acids is 3. The number of halogens is 3. The molecular weight excluding hydrogens is 355 g/mol. The monoisotopic (exact) mass is 369 g/mol. The zero-order valence-electron chi connectivity index (χ0n) is 13.6. The number of esters is 1. The van der Waals surface area contributed by atoms with Crippen LogP contribution in [0.1, 0.15) is 13.3 Å². The van der Waals surface area contributed by atoms with Crippen LogP contribution in [0.4, 0.5) is 24.5 Å². The minimum atomic E-state index is -5.01. The Bertz CT molecular complexity index is 785. The lowest BCUT2D eigenvalue weighted by atomic mass is 10.1. The third-order valence-corrected chi connectivity index (χ3v) is 3.26. The second-order valence-electron chi connectivity index (χ2n) is 5.12. The van der Waals surface area contributed by atoms with Crippen LogP contribution in [0.2, 0.25) is 0 Å². The van der Waals surface area contributed by atoms with Crippen molar-refractivity contribution in [3.05, 3.63) is 36.4 Å². The van der Waals surface area contributed by atoms with Gasteiger partial charge in [0.25, 0.3) is 5.91 Å². The maximum atomic E-state index is 12.2. The molecule has 0 bridgehead atoms. The fraction of sp³-hybridized carbons (Fsp3) is 0.250. The molecule has 26 heavy (non-hydrogen) atoms. The van der Waals surface area contributed by atoms with Crippen molar-refractivity contribution in [2.24, 2.45) is 5.10 Å². The van der Waals surface area contributed by atoms with Crippen molar-refractivity contribution < 1.29 is 32.3 Å². The lowest BCUT2D eigenvalue weighted by molar-refractivity contribution is -0.167. The number of alkyl halides is 3. The van der Waals surface area contributed by atoms with Crippen LogP contribution in [0.25, 0.3) is 0 Å². The van der Waals surface area contributed by atoms with E-state index >= 15 is 0 Å². The van der Waals surface area contributed by atoms with Crippen molar-refractivity contribution >= 4 is 34.9 Å². The largest absolute Gasteiger partial charge is 0.471 e. The summed E-state index contributed by atoms with van der Waals surface area (Å²) in [6.45, 7) is 5.40. The molecule has 1 heterocycles. The number of rotatable bonds is 5. The van der Waals surface area contributed by atoms with Crippen LogP contribution >= 0.6 is 0 Å². The van der Waals surface area contributed by atoms with E-state index in [-0.39, 0.29) is 35.7 Å². The highest BCUT2D eigenvalue weighted by Crippen LogP contribution is 2.26. The van der Waals surface area contributed by atoms with E-state index in [1.165, 1.54) is 24.3 Å². The van der Waals surface area contributed by atoms with Gasteiger partial charge in [-0.25, -0.2) is 0 Å². The number of carbonyl (C=O) groups is 3. The molecule has 0 aromatic heterocycles. The number of nitrogens with zero attached hydrogens (tertiary/aromatic N) is 2. The van der Waals surface area contributed by atoms with Gasteiger partial charge in [-0.1, -0.05) is 6.58 Å².